The van der Waals surface area contributed by atoms with Crippen molar-refractivity contribution in [3.05, 3.63) is 94.8 Å². The van der Waals surface area contributed by atoms with E-state index in [1.807, 2.05) is 36.4 Å². The van der Waals surface area contributed by atoms with E-state index in [1.54, 1.807) is 23.1 Å². The van der Waals surface area contributed by atoms with E-state index in [2.05, 4.69) is 10.6 Å². The third-order valence-electron chi connectivity index (χ3n) is 10.1. The van der Waals surface area contributed by atoms with Crippen LogP contribution in [0.1, 0.15) is 70.4 Å². The maximum Gasteiger partial charge on any atom is 0.337 e. The molecule has 0 aromatic heterocycles. The number of rotatable bonds is 7. The van der Waals surface area contributed by atoms with Crippen LogP contribution in [0, 0.1) is 17.7 Å². The van der Waals surface area contributed by atoms with Crippen molar-refractivity contribution in [3.8, 4) is 11.1 Å². The highest BCUT2D eigenvalue weighted by molar-refractivity contribution is 5.95. The molecule has 1 heterocycles. The zero-order chi connectivity index (χ0) is 29.8. The van der Waals surface area contributed by atoms with Crippen LogP contribution >= 0.6 is 12.4 Å². The summed E-state index contributed by atoms with van der Waals surface area (Å²) >= 11 is 0. The number of methoxy groups -OCH3 is 1. The summed E-state index contributed by atoms with van der Waals surface area (Å²) in [7, 11) is 1.36. The first-order valence-electron chi connectivity index (χ1n) is 15.1. The van der Waals surface area contributed by atoms with Gasteiger partial charge in [-0.05, 0) is 109 Å². The zero-order valence-corrected chi connectivity index (χ0v) is 25.6. The molecule has 2 unspecified atom stereocenters. The van der Waals surface area contributed by atoms with E-state index in [0.717, 1.165) is 54.4 Å². The van der Waals surface area contributed by atoms with Crippen molar-refractivity contribution in [2.45, 2.75) is 62.7 Å². The maximum absolute atomic E-state index is 13.7. The van der Waals surface area contributed by atoms with E-state index < -0.39 is 0 Å². The summed E-state index contributed by atoms with van der Waals surface area (Å²) in [6, 6.07) is 19.5. The maximum atomic E-state index is 13.7. The molecule has 2 amide bonds. The van der Waals surface area contributed by atoms with Crippen LogP contribution in [-0.4, -0.2) is 47.4 Å². The second-order valence-electron chi connectivity index (χ2n) is 13.1. The molecule has 3 aromatic carbocycles. The third kappa shape index (κ3) is 5.73. The van der Waals surface area contributed by atoms with Crippen LogP contribution in [0.5, 0.6) is 0 Å². The Kier molecular flexibility index (Phi) is 8.01. The predicted octanol–water partition coefficient (Wildman–Crippen LogP) is 5.65. The van der Waals surface area contributed by atoms with E-state index in [4.69, 9.17) is 4.74 Å². The number of fused-ring (bicyclic) bond motifs is 1. The topological polar surface area (TPSA) is 87.7 Å². The molecule has 0 radical (unpaired) electrons. The van der Waals surface area contributed by atoms with Crippen LogP contribution in [0.2, 0.25) is 0 Å². The summed E-state index contributed by atoms with van der Waals surface area (Å²) in [6.45, 7) is 1.22. The quantitative estimate of drug-likeness (QED) is 0.335. The molecular formula is C35H37ClFN3O4. The number of nitrogens with zero attached hydrogens (tertiary/aromatic N) is 1. The zero-order valence-electron chi connectivity index (χ0n) is 24.7. The Balaban J connectivity index is 0.00000343. The standard InChI is InChI=1S/C35H36FN3O4.ClH/c1-43-33(42)27-8-4-25(5-9-27)24-2-6-26(7-3-24)32(41)38-35-16-22-12-23(17-35)15-34(14-22,21-35)37-18-31(40)39-19-28-10-11-30(36)13-29(28)20-39;/h2-11,13,22-23,37H,12,14-21H2,1H3,(H,38,41);1H. The van der Waals surface area contributed by atoms with Crippen molar-refractivity contribution < 1.29 is 23.5 Å². The molecule has 2 N–H and O–H groups in total. The van der Waals surface area contributed by atoms with E-state index in [0.29, 0.717) is 36.1 Å². The van der Waals surface area contributed by atoms with Gasteiger partial charge < -0.3 is 20.3 Å². The minimum atomic E-state index is -0.373. The van der Waals surface area contributed by atoms with Crippen LogP contribution < -0.4 is 10.6 Å². The van der Waals surface area contributed by atoms with Gasteiger partial charge in [-0.3, -0.25) is 9.59 Å². The highest BCUT2D eigenvalue weighted by Gasteiger charge is 2.58. The molecule has 4 fully saturated rings. The van der Waals surface area contributed by atoms with Gasteiger partial charge in [-0.15, -0.1) is 12.4 Å². The summed E-state index contributed by atoms with van der Waals surface area (Å²) in [6.07, 6.45) is 6.02. The van der Waals surface area contributed by atoms with Crippen LogP contribution in [0.3, 0.4) is 0 Å². The van der Waals surface area contributed by atoms with Gasteiger partial charge in [-0.1, -0.05) is 30.3 Å². The number of carbonyl (C=O) groups excluding carboxylic acids is 3. The summed E-state index contributed by atoms with van der Waals surface area (Å²) < 4.78 is 18.4. The Morgan fingerprint density at radius 3 is 2.07 bits per heavy atom. The number of halogens is 2. The summed E-state index contributed by atoms with van der Waals surface area (Å²) in [5.74, 6) is 0.377. The molecule has 1 aliphatic heterocycles. The summed E-state index contributed by atoms with van der Waals surface area (Å²) in [5.41, 5.74) is 4.48. The first kappa shape index (κ1) is 30.3. The SMILES string of the molecule is COC(=O)c1ccc(-c2ccc(C(=O)NC34CC5CC(CC(NCC(=O)N6Cc7ccc(F)cc7C6)(C5)C3)C4)cc2)cc1.Cl. The van der Waals surface area contributed by atoms with Gasteiger partial charge in [0.15, 0.2) is 0 Å². The van der Waals surface area contributed by atoms with Crippen molar-refractivity contribution in [3.63, 3.8) is 0 Å². The second-order valence-corrected chi connectivity index (χ2v) is 13.1. The number of esters is 1. The predicted molar refractivity (Wildman–Crippen MR) is 167 cm³/mol. The molecule has 3 aromatic rings. The highest BCUT2D eigenvalue weighted by atomic mass is 35.5. The van der Waals surface area contributed by atoms with Crippen LogP contribution in [0.4, 0.5) is 4.39 Å². The van der Waals surface area contributed by atoms with Gasteiger partial charge in [0, 0.05) is 29.7 Å². The van der Waals surface area contributed by atoms with Crippen molar-refractivity contribution >= 4 is 30.2 Å². The van der Waals surface area contributed by atoms with E-state index in [-0.39, 0.29) is 53.6 Å². The van der Waals surface area contributed by atoms with Crippen molar-refractivity contribution in [2.24, 2.45) is 11.8 Å². The number of hydrogen-bond acceptors (Lipinski definition) is 5. The number of benzene rings is 3. The molecular weight excluding hydrogens is 581 g/mol. The molecule has 9 heteroatoms. The first-order valence-corrected chi connectivity index (χ1v) is 15.1. The fraction of sp³-hybridized carbons (Fsp3) is 0.400. The average molecular weight is 618 g/mol. The Labute approximate surface area is 263 Å². The van der Waals surface area contributed by atoms with Crippen molar-refractivity contribution in [2.75, 3.05) is 13.7 Å². The molecule has 8 rings (SSSR count). The number of ether oxygens (including phenoxy) is 1. The Bertz CT molecular complexity index is 1580. The number of nitrogens with one attached hydrogen (secondary N) is 2. The molecule has 0 spiro atoms. The minimum absolute atomic E-state index is 0. The first-order chi connectivity index (χ1) is 20.7. The van der Waals surface area contributed by atoms with Crippen LogP contribution in [0.25, 0.3) is 11.1 Å². The van der Waals surface area contributed by atoms with Gasteiger partial charge in [-0.2, -0.15) is 0 Å². The lowest BCUT2D eigenvalue weighted by Gasteiger charge is -2.62. The fourth-order valence-electron chi connectivity index (χ4n) is 8.57. The molecule has 44 heavy (non-hydrogen) atoms. The lowest BCUT2D eigenvalue weighted by atomic mass is 9.50. The molecule has 4 saturated carbocycles. The summed E-state index contributed by atoms with van der Waals surface area (Å²) in [4.78, 5) is 40.3. The highest BCUT2D eigenvalue weighted by Crippen LogP contribution is 2.57. The Morgan fingerprint density at radius 1 is 0.841 bits per heavy atom. The van der Waals surface area contributed by atoms with Gasteiger partial charge in [0.05, 0.1) is 19.2 Å². The lowest BCUT2D eigenvalue weighted by Crippen LogP contribution is -2.69. The number of hydrogen-bond donors (Lipinski definition) is 2. The van der Waals surface area contributed by atoms with Crippen LogP contribution in [0.15, 0.2) is 66.7 Å². The summed E-state index contributed by atoms with van der Waals surface area (Å²) in [5, 5.41) is 7.12. The third-order valence-corrected chi connectivity index (χ3v) is 10.1. The lowest BCUT2D eigenvalue weighted by molar-refractivity contribution is -0.132. The molecule has 4 bridgehead atoms. The van der Waals surface area contributed by atoms with Gasteiger partial charge in [0.2, 0.25) is 5.91 Å². The van der Waals surface area contributed by atoms with Gasteiger partial charge in [0.25, 0.3) is 5.91 Å². The van der Waals surface area contributed by atoms with Crippen molar-refractivity contribution in [1.82, 2.24) is 15.5 Å². The average Bonchev–Trinajstić information content (AvgIpc) is 3.42. The largest absolute Gasteiger partial charge is 0.465 e. The normalized spacial score (nSPS) is 26.1. The Morgan fingerprint density at radius 2 is 1.43 bits per heavy atom. The molecule has 7 nitrogen and oxygen atoms in total. The molecule has 5 aliphatic rings. The van der Waals surface area contributed by atoms with Gasteiger partial charge in [-0.25, -0.2) is 9.18 Å². The van der Waals surface area contributed by atoms with E-state index >= 15 is 0 Å². The van der Waals surface area contributed by atoms with Gasteiger partial charge in [0.1, 0.15) is 5.82 Å². The Hall–Kier alpha value is -3.75. The minimum Gasteiger partial charge on any atom is -0.465 e. The molecule has 0 saturated heterocycles. The fourth-order valence-corrected chi connectivity index (χ4v) is 8.57. The molecule has 2 atom stereocenters. The van der Waals surface area contributed by atoms with Crippen molar-refractivity contribution in [1.29, 1.82) is 0 Å². The van der Waals surface area contributed by atoms with E-state index in [9.17, 15) is 18.8 Å². The number of carbonyl (C=O) groups is 3. The molecule has 230 valence electrons. The number of amides is 2. The second kappa shape index (κ2) is 11.6. The smallest absolute Gasteiger partial charge is 0.337 e. The van der Waals surface area contributed by atoms with Gasteiger partial charge >= 0.3 is 5.97 Å². The van der Waals surface area contributed by atoms with Crippen LogP contribution in [-0.2, 0) is 22.6 Å². The van der Waals surface area contributed by atoms with E-state index in [1.165, 1.54) is 25.7 Å². The molecule has 4 aliphatic carbocycles. The monoisotopic (exact) mass is 617 g/mol.